The molecule has 8 nitrogen and oxygen atoms in total. The lowest BCUT2D eigenvalue weighted by molar-refractivity contribution is -0.851. The number of hydrogen-bond donors (Lipinski definition) is 2. The summed E-state index contributed by atoms with van der Waals surface area (Å²) in [4.78, 5) is 3.65. The highest BCUT2D eigenvalue weighted by atomic mass is 32.3. The van der Waals surface area contributed by atoms with Gasteiger partial charge in [-0.15, -0.1) is 0 Å². The van der Waals surface area contributed by atoms with Crippen molar-refractivity contribution < 1.29 is 26.7 Å². The Morgan fingerprint density at radius 3 is 2.60 bits per heavy atom. The molecule has 0 aromatic carbocycles. The van der Waals surface area contributed by atoms with Crippen molar-refractivity contribution >= 4 is 16.3 Å². The highest BCUT2D eigenvalue weighted by Crippen LogP contribution is 2.06. The molecule has 1 rings (SSSR count). The van der Waals surface area contributed by atoms with Gasteiger partial charge in [0.1, 0.15) is 5.69 Å². The molecule has 0 aliphatic rings. The van der Waals surface area contributed by atoms with Crippen molar-refractivity contribution in [3.05, 3.63) is 11.8 Å². The van der Waals surface area contributed by atoms with Gasteiger partial charge in [0.05, 0.1) is 13.2 Å². The first-order valence-corrected chi connectivity index (χ1v) is 5.10. The third kappa shape index (κ3) is 2.92. The maximum Gasteiger partial charge on any atom is 0.476 e. The molecule has 84 valence electrons. The van der Waals surface area contributed by atoms with E-state index in [1.165, 1.54) is 20.1 Å². The van der Waals surface area contributed by atoms with Crippen molar-refractivity contribution in [2.75, 3.05) is 12.8 Å². The van der Waals surface area contributed by atoms with E-state index in [4.69, 9.17) is 15.0 Å². The molecule has 0 atom stereocenters. The van der Waals surface area contributed by atoms with Gasteiger partial charge in [-0.1, -0.05) is 0 Å². The monoisotopic (exact) mass is 236 g/mol. The number of ether oxygens (including phenoxy) is 1. The molecule has 15 heavy (non-hydrogen) atoms. The van der Waals surface area contributed by atoms with E-state index < -0.39 is 10.4 Å². The largest absolute Gasteiger partial charge is 0.476 e. The molecule has 9 heteroatoms. The SMILES string of the molecule is COc1cc(C)[n+](OS(=O)(=O)O)c(N)n1. The van der Waals surface area contributed by atoms with E-state index in [9.17, 15) is 8.42 Å². The lowest BCUT2D eigenvalue weighted by Gasteiger charge is -2.04. The maximum atomic E-state index is 10.5. The zero-order valence-electron chi connectivity index (χ0n) is 8.04. The van der Waals surface area contributed by atoms with Crippen LogP contribution in [0.2, 0.25) is 0 Å². The fourth-order valence-corrected chi connectivity index (χ4v) is 1.29. The third-order valence-electron chi connectivity index (χ3n) is 1.46. The van der Waals surface area contributed by atoms with Gasteiger partial charge < -0.3 is 4.74 Å². The minimum absolute atomic E-state index is 0.209. The first-order chi connectivity index (χ1) is 6.83. The summed E-state index contributed by atoms with van der Waals surface area (Å²) in [5.74, 6) is -0.0512. The standard InChI is InChI=1S/C6H9N3O5S/c1-4-3-5(13-2)8-6(7)9(4)14-15(10,11)12/h3,7H,1-2H3,(H,10,11,12)/p+1. The van der Waals surface area contributed by atoms with Crippen molar-refractivity contribution in [3.8, 4) is 5.88 Å². The third-order valence-corrected chi connectivity index (χ3v) is 1.80. The predicted octanol–water partition coefficient (Wildman–Crippen LogP) is -1.50. The Bertz CT molecular complexity index is 449. The Hall–Kier alpha value is -1.61. The van der Waals surface area contributed by atoms with Crippen molar-refractivity contribution in [1.29, 1.82) is 0 Å². The number of aromatic nitrogens is 2. The number of nitrogens with two attached hydrogens (primary N) is 1. The molecule has 1 heterocycles. The molecular formula is C6H10N3O5S+. The Morgan fingerprint density at radius 1 is 1.60 bits per heavy atom. The van der Waals surface area contributed by atoms with Crippen LogP contribution in [0.4, 0.5) is 5.95 Å². The molecule has 0 fully saturated rings. The van der Waals surface area contributed by atoms with E-state index in [0.29, 0.717) is 10.4 Å². The molecule has 0 bridgehead atoms. The van der Waals surface area contributed by atoms with Crippen LogP contribution in [0.15, 0.2) is 6.07 Å². The molecule has 0 aliphatic carbocycles. The van der Waals surface area contributed by atoms with Gasteiger partial charge >= 0.3 is 16.3 Å². The van der Waals surface area contributed by atoms with E-state index in [1.54, 1.807) is 0 Å². The van der Waals surface area contributed by atoms with Gasteiger partial charge in [-0.05, 0) is 16.6 Å². The predicted molar refractivity (Wildman–Crippen MR) is 48.3 cm³/mol. The lowest BCUT2D eigenvalue weighted by atomic mass is 10.4. The quantitative estimate of drug-likeness (QED) is 0.484. The molecule has 3 N–H and O–H groups in total. The minimum atomic E-state index is -4.64. The van der Waals surface area contributed by atoms with Gasteiger partial charge in [0.2, 0.25) is 0 Å². The van der Waals surface area contributed by atoms with Gasteiger partial charge in [-0.3, -0.25) is 10.3 Å². The van der Waals surface area contributed by atoms with E-state index in [2.05, 4.69) is 9.27 Å². The normalized spacial score (nSPS) is 11.1. The van der Waals surface area contributed by atoms with Crippen LogP contribution in [0.25, 0.3) is 0 Å². The Balaban J connectivity index is 3.20. The van der Waals surface area contributed by atoms with Gasteiger partial charge in [0.25, 0.3) is 5.88 Å². The summed E-state index contributed by atoms with van der Waals surface area (Å²) in [6, 6.07) is 1.39. The Kier molecular flexibility index (Phi) is 2.95. The maximum absolute atomic E-state index is 10.5. The number of nitrogen functional groups attached to an aromatic ring is 1. The molecule has 0 saturated carbocycles. The number of anilines is 1. The molecule has 1 aromatic rings. The Morgan fingerprint density at radius 2 is 2.20 bits per heavy atom. The zero-order chi connectivity index (χ0) is 11.6. The van der Waals surface area contributed by atoms with Crippen LogP contribution < -0.4 is 19.5 Å². The summed E-state index contributed by atoms with van der Waals surface area (Å²) < 4.78 is 39.0. The molecule has 0 amide bonds. The number of aryl methyl sites for hydroxylation is 1. The van der Waals surface area contributed by atoms with Crippen molar-refractivity contribution in [1.82, 2.24) is 4.98 Å². The average molecular weight is 236 g/mol. The lowest BCUT2D eigenvalue weighted by Crippen LogP contribution is -2.50. The summed E-state index contributed by atoms with van der Waals surface area (Å²) in [6.45, 7) is 1.51. The molecule has 1 aromatic heterocycles. The second-order valence-corrected chi connectivity index (χ2v) is 3.60. The van der Waals surface area contributed by atoms with E-state index in [-0.39, 0.29) is 11.8 Å². The molecule has 0 saturated heterocycles. The van der Waals surface area contributed by atoms with Gasteiger partial charge in [0, 0.05) is 0 Å². The number of rotatable bonds is 3. The van der Waals surface area contributed by atoms with E-state index >= 15 is 0 Å². The average Bonchev–Trinajstić information content (AvgIpc) is 2.09. The molecular weight excluding hydrogens is 226 g/mol. The summed E-state index contributed by atoms with van der Waals surface area (Å²) in [5, 5.41) is 0. The topological polar surface area (TPSA) is 116 Å². The highest BCUT2D eigenvalue weighted by Gasteiger charge is 2.20. The van der Waals surface area contributed by atoms with Crippen LogP contribution in [0.3, 0.4) is 0 Å². The van der Waals surface area contributed by atoms with Gasteiger partial charge in [-0.25, -0.2) is 4.28 Å². The Labute approximate surface area is 86.2 Å². The summed E-state index contributed by atoms with van der Waals surface area (Å²) >= 11 is 0. The number of methoxy groups -OCH3 is 1. The first-order valence-electron chi connectivity index (χ1n) is 3.74. The van der Waals surface area contributed by atoms with Crippen LogP contribution >= 0.6 is 0 Å². The number of hydrogen-bond acceptors (Lipinski definition) is 6. The molecule has 0 spiro atoms. The van der Waals surface area contributed by atoms with Crippen LogP contribution in [0, 0.1) is 6.92 Å². The smallest absolute Gasteiger partial charge is 0.469 e. The van der Waals surface area contributed by atoms with E-state index in [0.717, 1.165) is 0 Å². The summed E-state index contributed by atoms with van der Waals surface area (Å²) in [7, 11) is -3.26. The zero-order valence-corrected chi connectivity index (χ0v) is 8.85. The minimum Gasteiger partial charge on any atom is -0.469 e. The second-order valence-electron chi connectivity index (χ2n) is 2.59. The van der Waals surface area contributed by atoms with Crippen LogP contribution in [0.5, 0.6) is 5.88 Å². The van der Waals surface area contributed by atoms with Gasteiger partial charge in [0.15, 0.2) is 0 Å². The van der Waals surface area contributed by atoms with Crippen molar-refractivity contribution in [2.24, 2.45) is 0 Å². The number of nitrogens with zero attached hydrogens (tertiary/aromatic N) is 2. The van der Waals surface area contributed by atoms with E-state index in [1.807, 2.05) is 0 Å². The summed E-state index contributed by atoms with van der Waals surface area (Å²) in [5.41, 5.74) is 5.68. The highest BCUT2D eigenvalue weighted by molar-refractivity contribution is 7.80. The molecule has 0 radical (unpaired) electrons. The molecule has 0 unspecified atom stereocenters. The van der Waals surface area contributed by atoms with Gasteiger partial charge in [-0.2, -0.15) is 8.42 Å². The van der Waals surface area contributed by atoms with Crippen LogP contribution in [0.1, 0.15) is 5.69 Å². The molecule has 0 aliphatic heterocycles. The van der Waals surface area contributed by atoms with Crippen LogP contribution in [-0.4, -0.2) is 25.1 Å². The first kappa shape index (κ1) is 11.5. The van der Waals surface area contributed by atoms with Crippen molar-refractivity contribution in [2.45, 2.75) is 6.92 Å². The fourth-order valence-electron chi connectivity index (χ4n) is 0.904. The summed E-state index contributed by atoms with van der Waals surface area (Å²) in [6.07, 6.45) is 0. The van der Waals surface area contributed by atoms with Crippen LogP contribution in [-0.2, 0) is 10.4 Å². The van der Waals surface area contributed by atoms with Crippen molar-refractivity contribution in [3.63, 3.8) is 0 Å². The second kappa shape index (κ2) is 3.87. The fraction of sp³-hybridized carbons (Fsp3) is 0.333.